The fourth-order valence-electron chi connectivity index (χ4n) is 2.61. The van der Waals surface area contributed by atoms with E-state index in [1.807, 2.05) is 6.20 Å². The van der Waals surface area contributed by atoms with Gasteiger partial charge < -0.3 is 5.32 Å². The molecule has 0 radical (unpaired) electrons. The number of nitrogens with zero attached hydrogens (tertiary/aromatic N) is 2. The van der Waals surface area contributed by atoms with Crippen LogP contribution in [0, 0.1) is 0 Å². The van der Waals surface area contributed by atoms with Crippen LogP contribution >= 0.6 is 0 Å². The molecule has 1 N–H and O–H groups in total. The van der Waals surface area contributed by atoms with E-state index in [0.717, 1.165) is 18.8 Å². The van der Waals surface area contributed by atoms with Crippen molar-refractivity contribution in [3.05, 3.63) is 23.3 Å². The Hall–Kier alpha value is -0.960. The van der Waals surface area contributed by atoms with Gasteiger partial charge in [-0.3, -0.25) is 0 Å². The van der Waals surface area contributed by atoms with Crippen LogP contribution < -0.4 is 5.32 Å². The molecule has 0 saturated heterocycles. The Morgan fingerprint density at radius 2 is 2.06 bits per heavy atom. The number of hydrogen-bond acceptors (Lipinski definition) is 3. The third-order valence-electron chi connectivity index (χ3n) is 3.73. The lowest BCUT2D eigenvalue weighted by atomic mass is 10.1. The summed E-state index contributed by atoms with van der Waals surface area (Å²) in [6.07, 6.45) is 8.25. The molecule has 18 heavy (non-hydrogen) atoms. The van der Waals surface area contributed by atoms with Crippen LogP contribution in [0.4, 0.5) is 0 Å². The normalized spacial score (nSPS) is 16.7. The van der Waals surface area contributed by atoms with Crippen LogP contribution in [0.2, 0.25) is 0 Å². The van der Waals surface area contributed by atoms with Gasteiger partial charge in [-0.15, -0.1) is 0 Å². The number of aryl methyl sites for hydroxylation is 1. The first-order chi connectivity index (χ1) is 8.70. The summed E-state index contributed by atoms with van der Waals surface area (Å²) in [5.41, 5.74) is 2.48. The third kappa shape index (κ3) is 3.29. The molecule has 3 heteroatoms. The van der Waals surface area contributed by atoms with E-state index in [-0.39, 0.29) is 0 Å². The molecule has 1 aromatic rings. The lowest BCUT2D eigenvalue weighted by Crippen LogP contribution is -2.23. The maximum absolute atomic E-state index is 4.80. The number of rotatable bonds is 5. The summed E-state index contributed by atoms with van der Waals surface area (Å²) < 4.78 is 0. The predicted octanol–water partition coefficient (Wildman–Crippen LogP) is 3.19. The van der Waals surface area contributed by atoms with Crippen molar-refractivity contribution in [2.75, 3.05) is 0 Å². The third-order valence-corrected chi connectivity index (χ3v) is 3.73. The number of aromatic nitrogens is 2. The quantitative estimate of drug-likeness (QED) is 0.868. The van der Waals surface area contributed by atoms with Crippen LogP contribution in [-0.2, 0) is 13.0 Å². The van der Waals surface area contributed by atoms with Crippen molar-refractivity contribution >= 4 is 0 Å². The smallest absolute Gasteiger partial charge is 0.131 e. The van der Waals surface area contributed by atoms with E-state index in [9.17, 15) is 0 Å². The Bertz CT molecular complexity index is 381. The summed E-state index contributed by atoms with van der Waals surface area (Å²) in [6, 6.07) is 0.504. The lowest BCUT2D eigenvalue weighted by molar-refractivity contribution is 0.579. The Labute approximate surface area is 110 Å². The molecule has 0 bridgehead atoms. The fourth-order valence-corrected chi connectivity index (χ4v) is 2.61. The molecular formula is C15H25N3. The van der Waals surface area contributed by atoms with Gasteiger partial charge in [0.2, 0.25) is 0 Å². The molecule has 1 aromatic heterocycles. The topological polar surface area (TPSA) is 37.8 Å². The molecule has 0 amide bonds. The molecule has 0 atom stereocenters. The molecule has 0 unspecified atom stereocenters. The van der Waals surface area contributed by atoms with E-state index in [1.165, 1.54) is 36.9 Å². The summed E-state index contributed by atoms with van der Waals surface area (Å²) >= 11 is 0. The molecule has 1 aliphatic carbocycles. The van der Waals surface area contributed by atoms with Crippen LogP contribution in [0.3, 0.4) is 0 Å². The first kappa shape index (κ1) is 13.5. The zero-order valence-corrected chi connectivity index (χ0v) is 11.9. The number of hydrogen-bond donors (Lipinski definition) is 1. The molecule has 0 aliphatic heterocycles. The second kappa shape index (κ2) is 6.28. The average Bonchev–Trinajstić information content (AvgIpc) is 2.90. The lowest BCUT2D eigenvalue weighted by Gasteiger charge is -2.14. The van der Waals surface area contributed by atoms with Crippen molar-refractivity contribution in [3.8, 4) is 0 Å². The molecule has 0 spiro atoms. The van der Waals surface area contributed by atoms with Crippen molar-refractivity contribution < 1.29 is 0 Å². The molecule has 0 aromatic carbocycles. The maximum atomic E-state index is 4.80. The average molecular weight is 247 g/mol. The highest BCUT2D eigenvalue weighted by Crippen LogP contribution is 2.32. The van der Waals surface area contributed by atoms with Gasteiger partial charge in [0.1, 0.15) is 5.82 Å². The highest BCUT2D eigenvalue weighted by Gasteiger charge is 2.20. The Morgan fingerprint density at radius 3 is 2.67 bits per heavy atom. The number of nitrogens with one attached hydrogen (secondary N) is 1. The van der Waals surface area contributed by atoms with Crippen LogP contribution in [0.1, 0.15) is 69.5 Å². The minimum absolute atomic E-state index is 0.504. The standard InChI is InChI=1S/C15H25N3/c1-4-14-13(9-16-11(2)3)10-17-15(18-14)12-7-5-6-8-12/h10-12,16H,4-9H2,1-3H3. The van der Waals surface area contributed by atoms with Gasteiger partial charge in [0.25, 0.3) is 0 Å². The van der Waals surface area contributed by atoms with Gasteiger partial charge in [0, 0.05) is 36.0 Å². The predicted molar refractivity (Wildman–Crippen MR) is 74.6 cm³/mol. The minimum Gasteiger partial charge on any atom is -0.310 e. The Morgan fingerprint density at radius 1 is 1.33 bits per heavy atom. The molecule has 2 rings (SSSR count). The van der Waals surface area contributed by atoms with Gasteiger partial charge in [-0.1, -0.05) is 33.6 Å². The molecule has 1 heterocycles. The van der Waals surface area contributed by atoms with Gasteiger partial charge in [-0.2, -0.15) is 0 Å². The molecule has 1 aliphatic rings. The molecule has 1 fully saturated rings. The van der Waals surface area contributed by atoms with E-state index in [4.69, 9.17) is 4.98 Å². The van der Waals surface area contributed by atoms with Gasteiger partial charge >= 0.3 is 0 Å². The van der Waals surface area contributed by atoms with Crippen molar-refractivity contribution in [2.45, 2.75) is 71.4 Å². The van der Waals surface area contributed by atoms with Gasteiger partial charge in [-0.25, -0.2) is 9.97 Å². The van der Waals surface area contributed by atoms with Gasteiger partial charge in [-0.05, 0) is 19.3 Å². The second-order valence-electron chi connectivity index (χ2n) is 5.57. The zero-order valence-electron chi connectivity index (χ0n) is 11.9. The Balaban J connectivity index is 2.11. The zero-order chi connectivity index (χ0) is 13.0. The van der Waals surface area contributed by atoms with Crippen molar-refractivity contribution in [1.29, 1.82) is 0 Å². The minimum atomic E-state index is 0.504. The second-order valence-corrected chi connectivity index (χ2v) is 5.57. The van der Waals surface area contributed by atoms with E-state index in [1.54, 1.807) is 0 Å². The monoisotopic (exact) mass is 247 g/mol. The summed E-state index contributed by atoms with van der Waals surface area (Å²) in [5.74, 6) is 1.69. The van der Waals surface area contributed by atoms with E-state index < -0.39 is 0 Å². The van der Waals surface area contributed by atoms with Gasteiger partial charge in [0.05, 0.1) is 0 Å². The molecular weight excluding hydrogens is 222 g/mol. The van der Waals surface area contributed by atoms with Crippen LogP contribution in [0.5, 0.6) is 0 Å². The summed E-state index contributed by atoms with van der Waals surface area (Å²) in [4.78, 5) is 9.40. The first-order valence-corrected chi connectivity index (χ1v) is 7.28. The fraction of sp³-hybridized carbons (Fsp3) is 0.733. The summed E-state index contributed by atoms with van der Waals surface area (Å²) in [5, 5.41) is 3.45. The van der Waals surface area contributed by atoms with Crippen LogP contribution in [0.25, 0.3) is 0 Å². The molecule has 1 saturated carbocycles. The highest BCUT2D eigenvalue weighted by molar-refractivity contribution is 5.19. The summed E-state index contributed by atoms with van der Waals surface area (Å²) in [6.45, 7) is 7.39. The van der Waals surface area contributed by atoms with E-state index >= 15 is 0 Å². The molecule has 3 nitrogen and oxygen atoms in total. The van der Waals surface area contributed by atoms with E-state index in [2.05, 4.69) is 31.1 Å². The van der Waals surface area contributed by atoms with Gasteiger partial charge in [0.15, 0.2) is 0 Å². The van der Waals surface area contributed by atoms with Crippen LogP contribution in [-0.4, -0.2) is 16.0 Å². The van der Waals surface area contributed by atoms with Crippen molar-refractivity contribution in [1.82, 2.24) is 15.3 Å². The Kier molecular flexibility index (Phi) is 4.70. The van der Waals surface area contributed by atoms with Crippen molar-refractivity contribution in [3.63, 3.8) is 0 Å². The highest BCUT2D eigenvalue weighted by atomic mass is 14.9. The van der Waals surface area contributed by atoms with Crippen LogP contribution in [0.15, 0.2) is 6.20 Å². The molecule has 100 valence electrons. The van der Waals surface area contributed by atoms with E-state index in [0.29, 0.717) is 12.0 Å². The SMILES string of the molecule is CCc1nc(C2CCCC2)ncc1CNC(C)C. The largest absolute Gasteiger partial charge is 0.310 e. The summed E-state index contributed by atoms with van der Waals surface area (Å²) in [7, 11) is 0. The van der Waals surface area contributed by atoms with Crippen molar-refractivity contribution in [2.24, 2.45) is 0 Å². The maximum Gasteiger partial charge on any atom is 0.131 e. The first-order valence-electron chi connectivity index (χ1n) is 7.28.